The van der Waals surface area contributed by atoms with E-state index in [0.717, 1.165) is 25.0 Å². The molecule has 7 heteroatoms. The summed E-state index contributed by atoms with van der Waals surface area (Å²) in [5.74, 6) is -0.772. The number of rotatable bonds is 8. The highest BCUT2D eigenvalue weighted by Crippen LogP contribution is 2.30. The molecule has 2 amide bonds. The van der Waals surface area contributed by atoms with Crippen molar-refractivity contribution in [1.29, 1.82) is 0 Å². The summed E-state index contributed by atoms with van der Waals surface area (Å²) in [5.41, 5.74) is 0.399. The van der Waals surface area contributed by atoms with E-state index in [1.807, 2.05) is 37.3 Å². The second-order valence-corrected chi connectivity index (χ2v) is 6.62. The van der Waals surface area contributed by atoms with Crippen molar-refractivity contribution >= 4 is 17.5 Å². The van der Waals surface area contributed by atoms with Gasteiger partial charge in [0.25, 0.3) is 0 Å². The Bertz CT molecular complexity index is 792. The van der Waals surface area contributed by atoms with Gasteiger partial charge in [-0.2, -0.15) is 13.2 Å². The normalized spacial score (nSPS) is 12.3. The van der Waals surface area contributed by atoms with Crippen LogP contribution in [0.5, 0.6) is 0 Å². The topological polar surface area (TPSA) is 58.2 Å². The van der Waals surface area contributed by atoms with Crippen molar-refractivity contribution in [2.75, 3.05) is 5.32 Å². The summed E-state index contributed by atoms with van der Waals surface area (Å²) >= 11 is 0. The molecule has 0 unspecified atom stereocenters. The average molecular weight is 392 g/mol. The average Bonchev–Trinajstić information content (AvgIpc) is 2.65. The number of benzene rings is 2. The van der Waals surface area contributed by atoms with E-state index in [1.165, 1.54) is 17.7 Å². The van der Waals surface area contributed by atoms with Crippen LogP contribution in [0.4, 0.5) is 18.9 Å². The highest BCUT2D eigenvalue weighted by atomic mass is 19.4. The molecule has 0 radical (unpaired) electrons. The molecule has 2 rings (SSSR count). The van der Waals surface area contributed by atoms with E-state index in [0.29, 0.717) is 0 Å². The van der Waals surface area contributed by atoms with E-state index in [-0.39, 0.29) is 30.5 Å². The molecule has 28 heavy (non-hydrogen) atoms. The third-order valence-electron chi connectivity index (χ3n) is 4.17. The Morgan fingerprint density at radius 3 is 2.32 bits per heavy atom. The Balaban J connectivity index is 1.72. The lowest BCUT2D eigenvalue weighted by Gasteiger charge is -2.14. The molecular weight excluding hydrogens is 369 g/mol. The molecule has 0 aliphatic carbocycles. The standard InChI is InChI=1S/C21H23F3N2O2/c1-15(10-11-16-6-3-2-4-7-16)25-19(27)12-13-20(28)26-18-9-5-8-17(14-18)21(22,23)24/h2-9,14-15H,10-13H2,1H3,(H,25,27)(H,26,28)/t15-/m0/s1. The summed E-state index contributed by atoms with van der Waals surface area (Å²) in [4.78, 5) is 23.9. The molecule has 150 valence electrons. The lowest BCUT2D eigenvalue weighted by molar-refractivity contribution is -0.137. The molecule has 4 nitrogen and oxygen atoms in total. The maximum Gasteiger partial charge on any atom is 0.416 e. The van der Waals surface area contributed by atoms with Crippen LogP contribution in [0.2, 0.25) is 0 Å². The van der Waals surface area contributed by atoms with Gasteiger partial charge in [0, 0.05) is 24.6 Å². The third-order valence-corrected chi connectivity index (χ3v) is 4.17. The van der Waals surface area contributed by atoms with Crippen molar-refractivity contribution in [3.63, 3.8) is 0 Å². The van der Waals surface area contributed by atoms with Crippen molar-refractivity contribution in [3.05, 3.63) is 65.7 Å². The summed E-state index contributed by atoms with van der Waals surface area (Å²) in [7, 11) is 0. The first-order valence-electron chi connectivity index (χ1n) is 9.04. The lowest BCUT2D eigenvalue weighted by atomic mass is 10.1. The van der Waals surface area contributed by atoms with Crippen molar-refractivity contribution < 1.29 is 22.8 Å². The second kappa shape index (κ2) is 9.92. The fraction of sp³-hybridized carbons (Fsp3) is 0.333. The number of hydrogen-bond acceptors (Lipinski definition) is 2. The van der Waals surface area contributed by atoms with Crippen molar-refractivity contribution in [3.8, 4) is 0 Å². The molecule has 0 spiro atoms. The van der Waals surface area contributed by atoms with Gasteiger partial charge in [-0.15, -0.1) is 0 Å². The van der Waals surface area contributed by atoms with Gasteiger partial charge in [0.05, 0.1) is 5.56 Å². The van der Waals surface area contributed by atoms with Crippen LogP contribution in [0.15, 0.2) is 54.6 Å². The first-order valence-corrected chi connectivity index (χ1v) is 9.04. The summed E-state index contributed by atoms with van der Waals surface area (Å²) in [5, 5.41) is 5.22. The summed E-state index contributed by atoms with van der Waals surface area (Å²) in [6, 6.07) is 14.3. The Hall–Kier alpha value is -2.83. The predicted octanol–water partition coefficient (Wildman–Crippen LogP) is 4.56. The quantitative estimate of drug-likeness (QED) is 0.692. The van der Waals surface area contributed by atoms with Crippen molar-refractivity contribution in [2.24, 2.45) is 0 Å². The summed E-state index contributed by atoms with van der Waals surface area (Å²) < 4.78 is 38.1. The SMILES string of the molecule is C[C@@H](CCc1ccccc1)NC(=O)CCC(=O)Nc1cccc(C(F)(F)F)c1. The number of halogens is 3. The molecule has 2 aromatic rings. The molecule has 2 N–H and O–H groups in total. The molecule has 1 atom stereocenters. The number of hydrogen-bond donors (Lipinski definition) is 2. The number of amides is 2. The molecule has 0 heterocycles. The first kappa shape index (κ1) is 21.5. The van der Waals surface area contributed by atoms with E-state index in [4.69, 9.17) is 0 Å². The molecule has 0 aliphatic rings. The van der Waals surface area contributed by atoms with Crippen LogP contribution >= 0.6 is 0 Å². The summed E-state index contributed by atoms with van der Waals surface area (Å²) in [6.45, 7) is 1.89. The van der Waals surface area contributed by atoms with Gasteiger partial charge in [-0.3, -0.25) is 9.59 Å². The smallest absolute Gasteiger partial charge is 0.354 e. The largest absolute Gasteiger partial charge is 0.416 e. The van der Waals surface area contributed by atoms with Crippen molar-refractivity contribution in [1.82, 2.24) is 5.32 Å². The minimum Gasteiger partial charge on any atom is -0.354 e. The number of aryl methyl sites for hydroxylation is 1. The van der Waals surface area contributed by atoms with Gasteiger partial charge in [-0.1, -0.05) is 36.4 Å². The number of carbonyl (C=O) groups is 2. The van der Waals surface area contributed by atoms with Gasteiger partial charge in [-0.05, 0) is 43.5 Å². The monoisotopic (exact) mass is 392 g/mol. The molecule has 0 aliphatic heterocycles. The van der Waals surface area contributed by atoms with Crippen LogP contribution < -0.4 is 10.6 Å². The maximum atomic E-state index is 12.7. The number of anilines is 1. The third kappa shape index (κ3) is 7.42. The van der Waals surface area contributed by atoms with E-state index in [9.17, 15) is 22.8 Å². The number of alkyl halides is 3. The second-order valence-electron chi connectivity index (χ2n) is 6.62. The highest BCUT2D eigenvalue weighted by Gasteiger charge is 2.30. The van der Waals surface area contributed by atoms with E-state index in [1.54, 1.807) is 0 Å². The van der Waals surface area contributed by atoms with Gasteiger partial charge in [-0.25, -0.2) is 0 Å². The molecule has 0 fully saturated rings. The van der Waals surface area contributed by atoms with Gasteiger partial charge in [0.1, 0.15) is 0 Å². The van der Waals surface area contributed by atoms with Gasteiger partial charge in [0.15, 0.2) is 0 Å². The minimum atomic E-state index is -4.48. The predicted molar refractivity (Wildman–Crippen MR) is 102 cm³/mol. The van der Waals surface area contributed by atoms with E-state index < -0.39 is 17.6 Å². The van der Waals surface area contributed by atoms with Crippen LogP contribution in [0.3, 0.4) is 0 Å². The highest BCUT2D eigenvalue weighted by molar-refractivity contribution is 5.93. The van der Waals surface area contributed by atoms with Gasteiger partial charge < -0.3 is 10.6 Å². The minimum absolute atomic E-state index is 0.0273. The molecule has 2 aromatic carbocycles. The number of carbonyl (C=O) groups excluding carboxylic acids is 2. The van der Waals surface area contributed by atoms with Crippen molar-refractivity contribution in [2.45, 2.75) is 44.8 Å². The lowest BCUT2D eigenvalue weighted by Crippen LogP contribution is -2.33. The number of nitrogens with one attached hydrogen (secondary N) is 2. The Morgan fingerprint density at radius 1 is 0.964 bits per heavy atom. The van der Waals surface area contributed by atoms with Crippen LogP contribution in [-0.4, -0.2) is 17.9 Å². The molecule has 0 aromatic heterocycles. The van der Waals surface area contributed by atoms with Crippen LogP contribution in [0, 0.1) is 0 Å². The zero-order valence-corrected chi connectivity index (χ0v) is 15.6. The Morgan fingerprint density at radius 2 is 1.64 bits per heavy atom. The summed E-state index contributed by atoms with van der Waals surface area (Å²) in [6.07, 6.45) is -3.00. The Kier molecular flexibility index (Phi) is 7.61. The maximum absolute atomic E-state index is 12.7. The molecular formula is C21H23F3N2O2. The van der Waals surface area contributed by atoms with Crippen LogP contribution in [0.25, 0.3) is 0 Å². The fourth-order valence-electron chi connectivity index (χ4n) is 2.67. The van der Waals surface area contributed by atoms with Crippen LogP contribution in [-0.2, 0) is 22.2 Å². The fourth-order valence-corrected chi connectivity index (χ4v) is 2.67. The van der Waals surface area contributed by atoms with Gasteiger partial charge in [0.2, 0.25) is 11.8 Å². The zero-order chi connectivity index (χ0) is 20.6. The molecule has 0 saturated heterocycles. The Labute approximate surface area is 162 Å². The van der Waals surface area contributed by atoms with Crippen LogP contribution in [0.1, 0.15) is 37.3 Å². The molecule has 0 saturated carbocycles. The first-order chi connectivity index (χ1) is 13.2. The van der Waals surface area contributed by atoms with Gasteiger partial charge >= 0.3 is 6.18 Å². The van der Waals surface area contributed by atoms with E-state index >= 15 is 0 Å². The zero-order valence-electron chi connectivity index (χ0n) is 15.6. The van der Waals surface area contributed by atoms with E-state index in [2.05, 4.69) is 10.6 Å². The molecule has 0 bridgehead atoms.